The van der Waals surface area contributed by atoms with Gasteiger partial charge in [-0.15, -0.1) is 0 Å². The molecule has 0 saturated carbocycles. The van der Waals surface area contributed by atoms with E-state index in [1.165, 1.54) is 0 Å². The third-order valence-corrected chi connectivity index (χ3v) is 5.35. The molecule has 12 heteroatoms. The summed E-state index contributed by atoms with van der Waals surface area (Å²) in [6, 6.07) is 0. The van der Waals surface area contributed by atoms with Crippen LogP contribution in [0.3, 0.4) is 0 Å². The van der Waals surface area contributed by atoms with E-state index in [1.54, 1.807) is 0 Å². The van der Waals surface area contributed by atoms with Gasteiger partial charge in [0.25, 0.3) is 5.89 Å². The standard InChI is InChI=1S/C20H25NO11/c22-5-10-13(6-23)31-12(17(26)16(10)25)3-4-15-21-9(8-30-15)1-2-11-18(27)20(29)19(28)14(7-24)32-11/h8,10-14,16-20,22-29H,5-7H2/t10-,11-,12-,13-,14-,16+,17-,18-,19-,20-/m1/s1. The van der Waals surface area contributed by atoms with Crippen molar-refractivity contribution in [3.8, 4) is 23.7 Å². The second kappa shape index (κ2) is 10.7. The minimum absolute atomic E-state index is 0.0989. The van der Waals surface area contributed by atoms with Gasteiger partial charge in [0.1, 0.15) is 49.0 Å². The highest BCUT2D eigenvalue weighted by molar-refractivity contribution is 5.31. The maximum Gasteiger partial charge on any atom is 0.274 e. The maximum absolute atomic E-state index is 10.1. The van der Waals surface area contributed by atoms with E-state index < -0.39 is 80.7 Å². The molecule has 2 aliphatic heterocycles. The lowest BCUT2D eigenvalue weighted by atomic mass is 9.87. The number of aliphatic hydroxyl groups excluding tert-OH is 8. The van der Waals surface area contributed by atoms with Crippen molar-refractivity contribution in [3.05, 3.63) is 17.8 Å². The molecule has 0 spiro atoms. The normalized spacial score (nSPS) is 39.5. The first kappa shape index (κ1) is 24.6. The fourth-order valence-corrected chi connectivity index (χ4v) is 3.43. The van der Waals surface area contributed by atoms with Crippen LogP contribution in [0, 0.1) is 29.6 Å². The Morgan fingerprint density at radius 3 is 1.94 bits per heavy atom. The van der Waals surface area contributed by atoms with Crippen molar-refractivity contribution in [2.24, 2.45) is 5.92 Å². The summed E-state index contributed by atoms with van der Waals surface area (Å²) in [5, 5.41) is 77.6. The molecular weight excluding hydrogens is 430 g/mol. The van der Waals surface area contributed by atoms with Crippen molar-refractivity contribution >= 4 is 0 Å². The van der Waals surface area contributed by atoms with Gasteiger partial charge in [0.15, 0.2) is 5.69 Å². The van der Waals surface area contributed by atoms with Crippen molar-refractivity contribution in [1.29, 1.82) is 0 Å². The minimum Gasteiger partial charge on any atom is -0.437 e. The molecule has 176 valence electrons. The predicted octanol–water partition coefficient (Wildman–Crippen LogP) is -4.69. The Labute approximate surface area is 182 Å². The molecule has 3 rings (SSSR count). The van der Waals surface area contributed by atoms with E-state index in [0.29, 0.717) is 0 Å². The van der Waals surface area contributed by atoms with E-state index in [9.17, 15) is 40.9 Å². The molecule has 8 N–H and O–H groups in total. The monoisotopic (exact) mass is 455 g/mol. The van der Waals surface area contributed by atoms with Gasteiger partial charge in [0.05, 0.1) is 32.0 Å². The van der Waals surface area contributed by atoms with E-state index in [1.807, 2.05) is 0 Å². The van der Waals surface area contributed by atoms with E-state index in [0.717, 1.165) is 6.26 Å². The number of ether oxygens (including phenoxy) is 2. The molecule has 2 saturated heterocycles. The average Bonchev–Trinajstić information content (AvgIpc) is 3.25. The van der Waals surface area contributed by atoms with Gasteiger partial charge < -0.3 is 54.7 Å². The lowest BCUT2D eigenvalue weighted by Crippen LogP contribution is -2.58. The van der Waals surface area contributed by atoms with Crippen LogP contribution in [0.25, 0.3) is 0 Å². The number of nitrogens with zero attached hydrogens (tertiary/aromatic N) is 1. The van der Waals surface area contributed by atoms with Crippen molar-refractivity contribution in [1.82, 2.24) is 4.98 Å². The fraction of sp³-hybridized carbons (Fsp3) is 0.650. The Balaban J connectivity index is 1.69. The Hall–Kier alpha value is -2.07. The lowest BCUT2D eigenvalue weighted by Gasteiger charge is -2.39. The third-order valence-electron chi connectivity index (χ3n) is 5.35. The van der Waals surface area contributed by atoms with E-state index in [2.05, 4.69) is 28.7 Å². The second-order valence-corrected chi connectivity index (χ2v) is 7.43. The van der Waals surface area contributed by atoms with E-state index in [4.69, 9.17) is 13.9 Å². The average molecular weight is 455 g/mol. The molecule has 0 bridgehead atoms. The molecular formula is C20H25NO11. The van der Waals surface area contributed by atoms with Crippen molar-refractivity contribution in [2.45, 2.75) is 54.9 Å². The van der Waals surface area contributed by atoms with Gasteiger partial charge in [-0.25, -0.2) is 0 Å². The molecule has 2 fully saturated rings. The van der Waals surface area contributed by atoms with Crippen LogP contribution in [0.5, 0.6) is 0 Å². The number of oxazole rings is 1. The zero-order valence-corrected chi connectivity index (χ0v) is 16.7. The molecule has 0 aliphatic carbocycles. The molecule has 1 aromatic rings. The number of hydrogen-bond donors (Lipinski definition) is 8. The summed E-state index contributed by atoms with van der Waals surface area (Å²) < 4.78 is 15.8. The highest BCUT2D eigenvalue weighted by Crippen LogP contribution is 2.26. The van der Waals surface area contributed by atoms with Gasteiger partial charge in [-0.05, 0) is 11.8 Å². The number of aliphatic hydroxyl groups is 8. The van der Waals surface area contributed by atoms with Crippen LogP contribution < -0.4 is 0 Å². The largest absolute Gasteiger partial charge is 0.437 e. The zero-order valence-electron chi connectivity index (χ0n) is 16.7. The van der Waals surface area contributed by atoms with Gasteiger partial charge in [-0.1, -0.05) is 11.8 Å². The first-order valence-electron chi connectivity index (χ1n) is 9.83. The molecule has 0 unspecified atom stereocenters. The quantitative estimate of drug-likeness (QED) is 0.202. The summed E-state index contributed by atoms with van der Waals surface area (Å²) >= 11 is 0. The SMILES string of the molecule is OC[C@H]1[C@H](O)[C@H](O)[C@@H](C#Cc2nc(C#C[C@H]3O[C@H](CO)[C@@H](O)[C@H](O)[C@@H]3O)co2)O[C@@H]1CO. The molecule has 0 amide bonds. The summed E-state index contributed by atoms with van der Waals surface area (Å²) in [7, 11) is 0. The first-order valence-corrected chi connectivity index (χ1v) is 9.83. The second-order valence-electron chi connectivity index (χ2n) is 7.43. The topological polar surface area (TPSA) is 206 Å². The molecule has 0 radical (unpaired) electrons. The highest BCUT2D eigenvalue weighted by Gasteiger charge is 2.44. The molecule has 2 aliphatic rings. The molecule has 1 aromatic heterocycles. The third kappa shape index (κ3) is 5.11. The summed E-state index contributed by atoms with van der Waals surface area (Å²) in [6.07, 6.45) is -10.5. The van der Waals surface area contributed by atoms with E-state index in [-0.39, 0.29) is 11.6 Å². The summed E-state index contributed by atoms with van der Waals surface area (Å²) in [6.45, 7) is -1.55. The van der Waals surface area contributed by atoms with E-state index >= 15 is 0 Å². The molecule has 0 aromatic carbocycles. The number of rotatable bonds is 3. The van der Waals surface area contributed by atoms with Gasteiger partial charge >= 0.3 is 0 Å². The zero-order chi connectivity index (χ0) is 23.4. The Kier molecular flexibility index (Phi) is 8.21. The predicted molar refractivity (Wildman–Crippen MR) is 102 cm³/mol. The molecule has 3 heterocycles. The van der Waals surface area contributed by atoms with Gasteiger partial charge in [-0.2, -0.15) is 4.98 Å². The van der Waals surface area contributed by atoms with Crippen LogP contribution in [0.1, 0.15) is 11.6 Å². The Bertz CT molecular complexity index is 879. The van der Waals surface area contributed by atoms with Crippen LogP contribution in [-0.4, -0.2) is 121 Å². The molecule has 10 atom stereocenters. The Morgan fingerprint density at radius 1 is 0.719 bits per heavy atom. The van der Waals surface area contributed by atoms with Crippen LogP contribution in [0.15, 0.2) is 10.7 Å². The van der Waals surface area contributed by atoms with Crippen LogP contribution in [0.4, 0.5) is 0 Å². The first-order chi connectivity index (χ1) is 15.3. The highest BCUT2D eigenvalue weighted by atomic mass is 16.5. The lowest BCUT2D eigenvalue weighted by molar-refractivity contribution is -0.214. The molecule has 12 nitrogen and oxygen atoms in total. The van der Waals surface area contributed by atoms with Gasteiger partial charge in [0.2, 0.25) is 0 Å². The smallest absolute Gasteiger partial charge is 0.274 e. The number of hydrogen-bond acceptors (Lipinski definition) is 12. The van der Waals surface area contributed by atoms with Crippen LogP contribution >= 0.6 is 0 Å². The van der Waals surface area contributed by atoms with Crippen LogP contribution in [-0.2, 0) is 9.47 Å². The van der Waals surface area contributed by atoms with Crippen LogP contribution in [0.2, 0.25) is 0 Å². The van der Waals surface area contributed by atoms with Crippen molar-refractivity contribution in [3.63, 3.8) is 0 Å². The number of aromatic nitrogens is 1. The Morgan fingerprint density at radius 2 is 1.31 bits per heavy atom. The van der Waals surface area contributed by atoms with Crippen molar-refractivity contribution < 1.29 is 54.7 Å². The van der Waals surface area contributed by atoms with Crippen molar-refractivity contribution in [2.75, 3.05) is 19.8 Å². The fourth-order valence-electron chi connectivity index (χ4n) is 3.43. The summed E-state index contributed by atoms with van der Waals surface area (Å²) in [5.41, 5.74) is 0.102. The van der Waals surface area contributed by atoms with Gasteiger partial charge in [0, 0.05) is 5.92 Å². The molecule has 32 heavy (non-hydrogen) atoms. The minimum atomic E-state index is -1.55. The van der Waals surface area contributed by atoms with Gasteiger partial charge in [-0.3, -0.25) is 0 Å². The maximum atomic E-state index is 10.1. The summed E-state index contributed by atoms with van der Waals surface area (Å²) in [5.74, 6) is 9.20. The summed E-state index contributed by atoms with van der Waals surface area (Å²) in [4.78, 5) is 3.99.